The second-order valence-corrected chi connectivity index (χ2v) is 5.89. The van der Waals surface area contributed by atoms with Crippen LogP contribution in [0.25, 0.3) is 0 Å². The van der Waals surface area contributed by atoms with Crippen molar-refractivity contribution in [3.8, 4) is 0 Å². The summed E-state index contributed by atoms with van der Waals surface area (Å²) < 4.78 is 25.3. The van der Waals surface area contributed by atoms with E-state index in [4.69, 9.17) is 5.11 Å². The van der Waals surface area contributed by atoms with Crippen LogP contribution >= 0.6 is 0 Å². The molecule has 0 spiro atoms. The molecule has 1 aromatic rings. The van der Waals surface area contributed by atoms with Crippen LogP contribution in [0.4, 0.5) is 4.39 Å². The summed E-state index contributed by atoms with van der Waals surface area (Å²) in [4.78, 5) is 23.9. The van der Waals surface area contributed by atoms with E-state index in [1.54, 1.807) is 0 Å². The van der Waals surface area contributed by atoms with Crippen LogP contribution in [-0.2, 0) is 15.6 Å². The first-order chi connectivity index (χ1) is 8.75. The summed E-state index contributed by atoms with van der Waals surface area (Å²) in [6.45, 7) is 1.47. The van der Waals surface area contributed by atoms with Gasteiger partial charge in [-0.05, 0) is 25.1 Å². The molecule has 0 aromatic heterocycles. The molecule has 104 valence electrons. The topological polar surface area (TPSA) is 74.7 Å². The number of carbonyl (C=O) groups excluding carboxylic acids is 1. The number of carboxylic acid groups (broad SMARTS) is 1. The molecule has 1 N–H and O–H groups in total. The number of carboxylic acids is 1. The second kappa shape index (κ2) is 5.92. The van der Waals surface area contributed by atoms with Crippen molar-refractivity contribution in [3.63, 3.8) is 0 Å². The number of halogens is 1. The minimum Gasteiger partial charge on any atom is -0.478 e. The van der Waals surface area contributed by atoms with E-state index in [-0.39, 0.29) is 10.8 Å². The molecule has 1 rings (SSSR count). The van der Waals surface area contributed by atoms with Crippen molar-refractivity contribution in [2.45, 2.75) is 17.1 Å². The summed E-state index contributed by atoms with van der Waals surface area (Å²) in [6, 6.07) is 3.15. The monoisotopic (exact) mass is 287 g/mol. The molecule has 0 heterocycles. The van der Waals surface area contributed by atoms with Gasteiger partial charge in [-0.25, -0.2) is 9.18 Å². The SMILES string of the molecule is CC(C(=O)N(C)C)S(=O)c1ccc(F)c(C(=O)O)c1. The van der Waals surface area contributed by atoms with E-state index in [1.165, 1.54) is 32.0 Å². The standard InChI is InChI=1S/C12H14FNO4S/c1-7(11(15)14(2)3)19(18)8-4-5-10(13)9(6-8)12(16)17/h4-7H,1-3H3,(H,16,17). The van der Waals surface area contributed by atoms with Gasteiger partial charge in [0.2, 0.25) is 5.91 Å². The first kappa shape index (κ1) is 15.3. The van der Waals surface area contributed by atoms with Crippen LogP contribution in [-0.4, -0.2) is 45.4 Å². The van der Waals surface area contributed by atoms with Crippen LogP contribution in [0.5, 0.6) is 0 Å². The maximum atomic E-state index is 13.2. The van der Waals surface area contributed by atoms with Crippen LogP contribution in [0.1, 0.15) is 17.3 Å². The number of amides is 1. The van der Waals surface area contributed by atoms with Gasteiger partial charge >= 0.3 is 5.97 Å². The number of hydrogen-bond donors (Lipinski definition) is 1. The van der Waals surface area contributed by atoms with Crippen molar-refractivity contribution in [1.29, 1.82) is 0 Å². The zero-order chi connectivity index (χ0) is 14.7. The van der Waals surface area contributed by atoms with Crippen LogP contribution in [0.3, 0.4) is 0 Å². The summed E-state index contributed by atoms with van der Waals surface area (Å²) in [7, 11) is 1.33. The molecular weight excluding hydrogens is 273 g/mol. The maximum absolute atomic E-state index is 13.2. The van der Waals surface area contributed by atoms with Crippen LogP contribution in [0, 0.1) is 5.82 Å². The van der Waals surface area contributed by atoms with Gasteiger partial charge in [-0.2, -0.15) is 0 Å². The number of rotatable bonds is 4. The van der Waals surface area contributed by atoms with Crippen molar-refractivity contribution in [2.24, 2.45) is 0 Å². The van der Waals surface area contributed by atoms with Gasteiger partial charge < -0.3 is 10.0 Å². The Hall–Kier alpha value is -1.76. The Morgan fingerprint density at radius 2 is 1.95 bits per heavy atom. The fraction of sp³-hybridized carbons (Fsp3) is 0.333. The van der Waals surface area contributed by atoms with Crippen molar-refractivity contribution in [3.05, 3.63) is 29.6 Å². The van der Waals surface area contributed by atoms with E-state index in [0.717, 1.165) is 12.1 Å². The first-order valence-electron chi connectivity index (χ1n) is 5.40. The van der Waals surface area contributed by atoms with E-state index in [9.17, 15) is 18.2 Å². The van der Waals surface area contributed by atoms with Gasteiger partial charge in [-0.15, -0.1) is 0 Å². The Labute approximate surface area is 112 Å². The van der Waals surface area contributed by atoms with Crippen LogP contribution < -0.4 is 0 Å². The van der Waals surface area contributed by atoms with Gasteiger partial charge in [0, 0.05) is 19.0 Å². The summed E-state index contributed by atoms with van der Waals surface area (Å²) in [6.07, 6.45) is 0. The molecule has 0 aliphatic heterocycles. The van der Waals surface area contributed by atoms with Gasteiger partial charge in [0.05, 0.1) is 16.4 Å². The van der Waals surface area contributed by atoms with E-state index in [1.807, 2.05) is 0 Å². The molecule has 0 radical (unpaired) electrons. The van der Waals surface area contributed by atoms with Crippen LogP contribution in [0.2, 0.25) is 0 Å². The maximum Gasteiger partial charge on any atom is 0.338 e. The molecule has 0 saturated carbocycles. The lowest BCUT2D eigenvalue weighted by molar-refractivity contribution is -0.127. The minimum atomic E-state index is -1.74. The quantitative estimate of drug-likeness (QED) is 0.900. The van der Waals surface area contributed by atoms with Crippen molar-refractivity contribution in [1.82, 2.24) is 4.90 Å². The molecule has 2 atom stereocenters. The molecule has 2 unspecified atom stereocenters. The Morgan fingerprint density at radius 3 is 2.42 bits per heavy atom. The molecule has 0 aliphatic carbocycles. The van der Waals surface area contributed by atoms with E-state index < -0.39 is 33.4 Å². The van der Waals surface area contributed by atoms with E-state index in [2.05, 4.69) is 0 Å². The third-order valence-corrected chi connectivity index (χ3v) is 4.07. The third-order valence-electron chi connectivity index (χ3n) is 2.51. The smallest absolute Gasteiger partial charge is 0.338 e. The molecule has 1 aromatic carbocycles. The van der Waals surface area contributed by atoms with E-state index in [0.29, 0.717) is 0 Å². The third kappa shape index (κ3) is 3.37. The Bertz CT molecular complexity index is 545. The molecule has 19 heavy (non-hydrogen) atoms. The summed E-state index contributed by atoms with van der Waals surface area (Å²) in [5.74, 6) is -2.69. The zero-order valence-electron chi connectivity index (χ0n) is 10.7. The number of benzene rings is 1. The number of carbonyl (C=O) groups is 2. The van der Waals surface area contributed by atoms with Gasteiger partial charge in [0.1, 0.15) is 11.1 Å². The number of hydrogen-bond acceptors (Lipinski definition) is 3. The van der Waals surface area contributed by atoms with Gasteiger partial charge in [-0.1, -0.05) is 0 Å². The highest BCUT2D eigenvalue weighted by molar-refractivity contribution is 7.86. The molecule has 1 amide bonds. The Kier molecular flexibility index (Phi) is 4.77. The van der Waals surface area contributed by atoms with Crippen molar-refractivity contribution in [2.75, 3.05) is 14.1 Å². The first-order valence-corrected chi connectivity index (χ1v) is 6.61. The highest BCUT2D eigenvalue weighted by Gasteiger charge is 2.24. The number of nitrogens with zero attached hydrogens (tertiary/aromatic N) is 1. The summed E-state index contributed by atoms with van der Waals surface area (Å²) in [5.41, 5.74) is -0.560. The number of aromatic carboxylic acids is 1. The summed E-state index contributed by atoms with van der Waals surface area (Å²) >= 11 is 0. The minimum absolute atomic E-state index is 0.113. The molecule has 0 fully saturated rings. The Balaban J connectivity index is 3.10. The Morgan fingerprint density at radius 1 is 1.37 bits per heavy atom. The molecular formula is C12H14FNO4S. The van der Waals surface area contributed by atoms with Crippen molar-refractivity contribution < 1.29 is 23.3 Å². The lowest BCUT2D eigenvalue weighted by atomic mass is 10.2. The largest absolute Gasteiger partial charge is 0.478 e. The fourth-order valence-corrected chi connectivity index (χ4v) is 2.69. The fourth-order valence-electron chi connectivity index (χ4n) is 1.45. The lowest BCUT2D eigenvalue weighted by Crippen LogP contribution is -2.34. The average molecular weight is 287 g/mol. The van der Waals surface area contributed by atoms with Gasteiger partial charge in [0.25, 0.3) is 0 Å². The highest BCUT2D eigenvalue weighted by Crippen LogP contribution is 2.17. The normalized spacial score (nSPS) is 13.7. The molecule has 7 heteroatoms. The average Bonchev–Trinajstić information content (AvgIpc) is 2.36. The lowest BCUT2D eigenvalue weighted by Gasteiger charge is -2.16. The van der Waals surface area contributed by atoms with E-state index >= 15 is 0 Å². The molecule has 0 saturated heterocycles. The van der Waals surface area contributed by atoms with Crippen LogP contribution in [0.15, 0.2) is 23.1 Å². The second-order valence-electron chi connectivity index (χ2n) is 4.12. The highest BCUT2D eigenvalue weighted by atomic mass is 32.2. The predicted molar refractivity (Wildman–Crippen MR) is 67.9 cm³/mol. The van der Waals surface area contributed by atoms with Gasteiger partial charge in [-0.3, -0.25) is 9.00 Å². The van der Waals surface area contributed by atoms with Crippen molar-refractivity contribution >= 4 is 22.7 Å². The van der Waals surface area contributed by atoms with Gasteiger partial charge in [0.15, 0.2) is 0 Å². The zero-order valence-corrected chi connectivity index (χ0v) is 11.5. The summed E-state index contributed by atoms with van der Waals surface area (Å²) in [5, 5.41) is 7.96. The molecule has 5 nitrogen and oxygen atoms in total. The molecule has 0 bridgehead atoms. The molecule has 0 aliphatic rings. The predicted octanol–water partition coefficient (Wildman–Crippen LogP) is 1.11.